The monoisotopic (exact) mass is 318 g/mol. The molecule has 1 aliphatic heterocycles. The summed E-state index contributed by atoms with van der Waals surface area (Å²) in [7, 11) is -3.39. The van der Waals surface area contributed by atoms with Crippen molar-refractivity contribution in [3.63, 3.8) is 0 Å². The second kappa shape index (κ2) is 7.00. The lowest BCUT2D eigenvalue weighted by Gasteiger charge is -2.22. The van der Waals surface area contributed by atoms with Crippen molar-refractivity contribution in [2.75, 3.05) is 13.2 Å². The highest BCUT2D eigenvalue weighted by Gasteiger charge is 2.23. The summed E-state index contributed by atoms with van der Waals surface area (Å²) in [4.78, 5) is 1.03. The van der Waals surface area contributed by atoms with Crippen LogP contribution in [0.5, 0.6) is 0 Å². The molecule has 0 bridgehead atoms. The van der Waals surface area contributed by atoms with Crippen molar-refractivity contribution in [3.05, 3.63) is 17.0 Å². The highest BCUT2D eigenvalue weighted by Crippen LogP contribution is 2.22. The fraction of sp³-hybridized carbons (Fsp3) is 0.692. The fourth-order valence-electron chi connectivity index (χ4n) is 2.00. The highest BCUT2D eigenvalue weighted by molar-refractivity contribution is 7.91. The summed E-state index contributed by atoms with van der Waals surface area (Å²) in [5.41, 5.74) is 0. The van der Waals surface area contributed by atoms with Crippen molar-refractivity contribution < 1.29 is 13.2 Å². The van der Waals surface area contributed by atoms with Crippen molar-refractivity contribution in [1.82, 2.24) is 10.0 Å². The predicted molar refractivity (Wildman–Crippen MR) is 80.5 cm³/mol. The lowest BCUT2D eigenvalue weighted by molar-refractivity contribution is 0.0832. The Morgan fingerprint density at radius 1 is 1.35 bits per heavy atom. The maximum absolute atomic E-state index is 12.3. The Kier molecular flexibility index (Phi) is 5.57. The van der Waals surface area contributed by atoms with Crippen LogP contribution in [0.25, 0.3) is 0 Å². The van der Waals surface area contributed by atoms with Gasteiger partial charge in [0, 0.05) is 36.7 Å². The number of hydrogen-bond donors (Lipinski definition) is 2. The average Bonchev–Trinajstić information content (AvgIpc) is 2.86. The summed E-state index contributed by atoms with van der Waals surface area (Å²) in [6, 6.07) is 3.94. The largest absolute Gasteiger partial charge is 0.381 e. The highest BCUT2D eigenvalue weighted by atomic mass is 32.2. The van der Waals surface area contributed by atoms with Gasteiger partial charge in [0.25, 0.3) is 0 Å². The van der Waals surface area contributed by atoms with E-state index in [1.165, 1.54) is 11.3 Å². The molecule has 1 aromatic heterocycles. The van der Waals surface area contributed by atoms with Gasteiger partial charge in [-0.1, -0.05) is 13.8 Å². The minimum atomic E-state index is -3.39. The van der Waals surface area contributed by atoms with Crippen LogP contribution in [0.4, 0.5) is 0 Å². The van der Waals surface area contributed by atoms with Gasteiger partial charge in [-0.2, -0.15) is 0 Å². The van der Waals surface area contributed by atoms with E-state index in [1.54, 1.807) is 6.07 Å². The minimum Gasteiger partial charge on any atom is -0.381 e. The Morgan fingerprint density at radius 2 is 2.05 bits per heavy atom. The molecule has 2 N–H and O–H groups in total. The third-order valence-electron chi connectivity index (χ3n) is 3.13. The topological polar surface area (TPSA) is 67.4 Å². The zero-order valence-electron chi connectivity index (χ0n) is 11.9. The van der Waals surface area contributed by atoms with E-state index >= 15 is 0 Å². The Bertz CT molecular complexity index is 519. The Hall–Kier alpha value is -0.470. The smallest absolute Gasteiger partial charge is 0.250 e. The molecular weight excluding hydrogens is 296 g/mol. The van der Waals surface area contributed by atoms with E-state index in [1.807, 2.05) is 6.07 Å². The predicted octanol–water partition coefficient (Wildman–Crippen LogP) is 1.70. The van der Waals surface area contributed by atoms with Crippen LogP contribution >= 0.6 is 11.3 Å². The lowest BCUT2D eigenvalue weighted by atomic mass is 10.1. The fourth-order valence-corrected chi connectivity index (χ4v) is 4.62. The van der Waals surface area contributed by atoms with Crippen molar-refractivity contribution in [3.8, 4) is 0 Å². The van der Waals surface area contributed by atoms with Gasteiger partial charge in [-0.25, -0.2) is 13.1 Å². The molecule has 0 amide bonds. The van der Waals surface area contributed by atoms with Crippen LogP contribution in [-0.4, -0.2) is 33.7 Å². The molecule has 1 aromatic rings. The van der Waals surface area contributed by atoms with Crippen molar-refractivity contribution in [2.24, 2.45) is 0 Å². The Balaban J connectivity index is 1.98. The molecule has 0 spiro atoms. The van der Waals surface area contributed by atoms with E-state index in [4.69, 9.17) is 4.74 Å². The van der Waals surface area contributed by atoms with Gasteiger partial charge in [-0.15, -0.1) is 11.3 Å². The molecule has 2 rings (SSSR count). The summed E-state index contributed by atoms with van der Waals surface area (Å²) in [6.07, 6.45) is 1.48. The molecular formula is C13H22N2O3S2. The first-order valence-electron chi connectivity index (χ1n) is 6.89. The quantitative estimate of drug-likeness (QED) is 0.838. The maximum Gasteiger partial charge on any atom is 0.250 e. The molecule has 0 unspecified atom stereocenters. The van der Waals surface area contributed by atoms with Crippen LogP contribution in [0.1, 0.15) is 31.6 Å². The molecule has 0 aromatic carbocycles. The van der Waals surface area contributed by atoms with E-state index in [9.17, 15) is 8.42 Å². The minimum absolute atomic E-state index is 0.00640. The molecule has 114 valence electrons. The van der Waals surface area contributed by atoms with Crippen molar-refractivity contribution >= 4 is 21.4 Å². The first kappa shape index (κ1) is 15.9. The maximum atomic E-state index is 12.3. The number of ether oxygens (including phenoxy) is 1. The van der Waals surface area contributed by atoms with Gasteiger partial charge in [-0.05, 0) is 25.0 Å². The molecule has 7 heteroatoms. The number of rotatable bonds is 6. The van der Waals surface area contributed by atoms with Gasteiger partial charge in [0.15, 0.2) is 0 Å². The first-order chi connectivity index (χ1) is 9.47. The van der Waals surface area contributed by atoms with E-state index in [-0.39, 0.29) is 6.04 Å². The number of nitrogens with one attached hydrogen (secondary N) is 2. The number of thiophene rings is 1. The van der Waals surface area contributed by atoms with Crippen molar-refractivity contribution in [1.29, 1.82) is 0 Å². The molecule has 0 atom stereocenters. The van der Waals surface area contributed by atoms with Gasteiger partial charge in [0.05, 0.1) is 0 Å². The molecule has 0 aliphatic carbocycles. The summed E-state index contributed by atoms with van der Waals surface area (Å²) < 4.78 is 33.0. The average molecular weight is 318 g/mol. The van der Waals surface area contributed by atoms with E-state index in [0.717, 1.165) is 17.7 Å². The summed E-state index contributed by atoms with van der Waals surface area (Å²) >= 11 is 1.33. The molecule has 0 radical (unpaired) electrons. The van der Waals surface area contributed by atoms with Gasteiger partial charge in [0.1, 0.15) is 4.21 Å². The Labute approximate surface area is 124 Å². The lowest BCUT2D eigenvalue weighted by Crippen LogP contribution is -2.38. The van der Waals surface area contributed by atoms with Crippen molar-refractivity contribution in [2.45, 2.75) is 49.5 Å². The van der Waals surface area contributed by atoms with Gasteiger partial charge in [-0.3, -0.25) is 0 Å². The summed E-state index contributed by atoms with van der Waals surface area (Å²) in [5, 5.41) is 3.29. The van der Waals surface area contributed by atoms with E-state index in [2.05, 4.69) is 23.9 Å². The second-order valence-electron chi connectivity index (χ2n) is 5.26. The van der Waals surface area contributed by atoms with Crippen LogP contribution in [0.15, 0.2) is 16.3 Å². The SMILES string of the molecule is CC(C)NCc1ccc(S(=O)(=O)NC2CCOCC2)s1. The molecule has 5 nitrogen and oxygen atoms in total. The molecule has 20 heavy (non-hydrogen) atoms. The standard InChI is InChI=1S/C13H22N2O3S2/c1-10(2)14-9-12-3-4-13(19-12)20(16,17)15-11-5-7-18-8-6-11/h3-4,10-11,14-15H,5-9H2,1-2H3. The van der Waals surface area contributed by atoms with Crippen LogP contribution in [0.2, 0.25) is 0 Å². The van der Waals surface area contributed by atoms with Gasteiger partial charge in [0.2, 0.25) is 10.0 Å². The molecule has 1 aliphatic rings. The zero-order valence-corrected chi connectivity index (χ0v) is 13.5. The van der Waals surface area contributed by atoms with E-state index < -0.39 is 10.0 Å². The molecule has 0 saturated carbocycles. The third-order valence-corrected chi connectivity index (χ3v) is 6.23. The molecule has 2 heterocycles. The second-order valence-corrected chi connectivity index (χ2v) is 8.37. The molecule has 1 saturated heterocycles. The molecule has 1 fully saturated rings. The number of sulfonamides is 1. The zero-order chi connectivity index (χ0) is 14.6. The van der Waals surface area contributed by atoms with Crippen LogP contribution < -0.4 is 10.0 Å². The van der Waals surface area contributed by atoms with Crippen LogP contribution in [0, 0.1) is 0 Å². The van der Waals surface area contributed by atoms with Gasteiger partial charge < -0.3 is 10.1 Å². The normalized spacial score (nSPS) is 17.8. The van der Waals surface area contributed by atoms with Crippen LogP contribution in [-0.2, 0) is 21.3 Å². The number of hydrogen-bond acceptors (Lipinski definition) is 5. The van der Waals surface area contributed by atoms with Crippen LogP contribution in [0.3, 0.4) is 0 Å². The summed E-state index contributed by atoms with van der Waals surface area (Å²) in [6.45, 7) is 6.09. The first-order valence-corrected chi connectivity index (χ1v) is 9.19. The Morgan fingerprint density at radius 3 is 2.70 bits per heavy atom. The summed E-state index contributed by atoms with van der Waals surface area (Å²) in [5.74, 6) is 0. The third kappa shape index (κ3) is 4.53. The van der Waals surface area contributed by atoms with Gasteiger partial charge >= 0.3 is 0 Å². The van der Waals surface area contributed by atoms with E-state index in [0.29, 0.717) is 30.0 Å².